The van der Waals surface area contributed by atoms with Gasteiger partial charge < -0.3 is 16.3 Å². The van der Waals surface area contributed by atoms with Crippen molar-refractivity contribution < 1.29 is 5.48 Å². The van der Waals surface area contributed by atoms with E-state index in [2.05, 4.69) is 10.9 Å². The summed E-state index contributed by atoms with van der Waals surface area (Å²) in [6.07, 6.45) is 0. The highest BCUT2D eigenvalue weighted by molar-refractivity contribution is 5.51. The number of para-hydroxylation sites is 2. The first-order valence-corrected chi connectivity index (χ1v) is 4.57. The van der Waals surface area contributed by atoms with E-state index in [-0.39, 0.29) is 5.48 Å². The van der Waals surface area contributed by atoms with Gasteiger partial charge in [0.1, 0.15) is 0 Å². The van der Waals surface area contributed by atoms with E-state index in [9.17, 15) is 0 Å². The molecule has 0 aromatic heterocycles. The average Bonchev–Trinajstić information content (AvgIpc) is 2.29. The summed E-state index contributed by atoms with van der Waals surface area (Å²) in [5, 5.41) is 0. The van der Waals surface area contributed by atoms with Gasteiger partial charge in [0, 0.05) is 0 Å². The van der Waals surface area contributed by atoms with Gasteiger partial charge in [0.15, 0.2) is 0 Å². The second-order valence-corrected chi connectivity index (χ2v) is 2.98. The molecule has 0 unspecified atom stereocenters. The largest absolute Gasteiger partial charge is 0.412 e. The van der Waals surface area contributed by atoms with Gasteiger partial charge in [-0.25, -0.2) is 0 Å². The summed E-state index contributed by atoms with van der Waals surface area (Å²) in [6, 6.07) is 20.0. The highest BCUT2D eigenvalue weighted by Crippen LogP contribution is 2.08. The van der Waals surface area contributed by atoms with Crippen molar-refractivity contribution in [3.05, 3.63) is 60.7 Å². The fraction of sp³-hybridized carbons (Fsp3) is 0. The molecule has 2 rings (SSSR count). The third-order valence-electron chi connectivity index (χ3n) is 1.90. The van der Waals surface area contributed by atoms with Crippen molar-refractivity contribution in [1.29, 1.82) is 0 Å². The quantitative estimate of drug-likeness (QED) is 0.750. The number of hydrogen-bond donors (Lipinski definition) is 2. The van der Waals surface area contributed by atoms with E-state index in [1.165, 1.54) is 0 Å². The second-order valence-electron chi connectivity index (χ2n) is 2.98. The Balaban J connectivity index is 0.00000112. The Kier molecular flexibility index (Phi) is 4.19. The molecule has 0 spiro atoms. The Morgan fingerprint density at radius 1 is 0.533 bits per heavy atom. The van der Waals surface area contributed by atoms with Gasteiger partial charge in [0.05, 0.1) is 11.4 Å². The molecule has 0 fully saturated rings. The number of rotatable bonds is 3. The van der Waals surface area contributed by atoms with Crippen LogP contribution >= 0.6 is 0 Å². The molecular formula is C12H14N2O. The molecule has 0 saturated heterocycles. The predicted molar refractivity (Wildman–Crippen MR) is 63.7 cm³/mol. The second kappa shape index (κ2) is 5.67. The summed E-state index contributed by atoms with van der Waals surface area (Å²) in [6.45, 7) is 0. The SMILES string of the molecule is O.c1ccc(NNc2ccccc2)cc1. The van der Waals surface area contributed by atoms with Crippen molar-refractivity contribution in [3.63, 3.8) is 0 Å². The van der Waals surface area contributed by atoms with Crippen LogP contribution in [0.1, 0.15) is 0 Å². The monoisotopic (exact) mass is 202 g/mol. The standard InChI is InChI=1S/C12H12N2.H2O/c1-3-7-11(8-4-1)13-14-12-9-5-2-6-10-12;/h1-10,13-14H;1H2. The highest BCUT2D eigenvalue weighted by Gasteiger charge is 1.88. The van der Waals surface area contributed by atoms with Crippen molar-refractivity contribution in [2.75, 3.05) is 10.9 Å². The number of hydrazine groups is 1. The van der Waals surface area contributed by atoms with Crippen molar-refractivity contribution in [2.45, 2.75) is 0 Å². The molecule has 2 aromatic rings. The molecule has 3 heteroatoms. The minimum atomic E-state index is 0. The fourth-order valence-corrected chi connectivity index (χ4v) is 1.19. The first kappa shape index (κ1) is 11.1. The maximum Gasteiger partial charge on any atom is 0.0539 e. The van der Waals surface area contributed by atoms with Crippen LogP contribution in [0, 0.1) is 0 Å². The van der Waals surface area contributed by atoms with Crippen LogP contribution in [0.25, 0.3) is 0 Å². The van der Waals surface area contributed by atoms with Crippen LogP contribution in [0.5, 0.6) is 0 Å². The Hall–Kier alpha value is -2.00. The van der Waals surface area contributed by atoms with Crippen LogP contribution in [0.2, 0.25) is 0 Å². The Morgan fingerprint density at radius 3 is 1.20 bits per heavy atom. The smallest absolute Gasteiger partial charge is 0.0539 e. The lowest BCUT2D eigenvalue weighted by Crippen LogP contribution is -2.07. The van der Waals surface area contributed by atoms with E-state index >= 15 is 0 Å². The molecule has 0 saturated carbocycles. The summed E-state index contributed by atoms with van der Waals surface area (Å²) in [7, 11) is 0. The minimum Gasteiger partial charge on any atom is -0.412 e. The fourth-order valence-electron chi connectivity index (χ4n) is 1.19. The third-order valence-corrected chi connectivity index (χ3v) is 1.90. The Morgan fingerprint density at radius 2 is 0.867 bits per heavy atom. The van der Waals surface area contributed by atoms with Gasteiger partial charge in [-0.15, -0.1) is 0 Å². The molecule has 0 atom stereocenters. The van der Waals surface area contributed by atoms with E-state index in [0.717, 1.165) is 11.4 Å². The van der Waals surface area contributed by atoms with Crippen molar-refractivity contribution in [2.24, 2.45) is 0 Å². The van der Waals surface area contributed by atoms with Crippen molar-refractivity contribution in [3.8, 4) is 0 Å². The number of benzene rings is 2. The summed E-state index contributed by atoms with van der Waals surface area (Å²) < 4.78 is 0. The molecular weight excluding hydrogens is 188 g/mol. The van der Waals surface area contributed by atoms with E-state index < -0.39 is 0 Å². The van der Waals surface area contributed by atoms with Gasteiger partial charge >= 0.3 is 0 Å². The van der Waals surface area contributed by atoms with E-state index in [0.29, 0.717) is 0 Å². The lowest BCUT2D eigenvalue weighted by Gasteiger charge is -2.08. The van der Waals surface area contributed by atoms with Crippen LogP contribution in [-0.4, -0.2) is 5.48 Å². The first-order chi connectivity index (χ1) is 6.95. The number of nitrogens with one attached hydrogen (secondary N) is 2. The Bertz CT molecular complexity index is 336. The van der Waals surface area contributed by atoms with Gasteiger partial charge in [-0.05, 0) is 24.3 Å². The van der Waals surface area contributed by atoms with Gasteiger partial charge in [-0.1, -0.05) is 36.4 Å². The van der Waals surface area contributed by atoms with Crippen molar-refractivity contribution in [1.82, 2.24) is 0 Å². The first-order valence-electron chi connectivity index (χ1n) is 4.57. The summed E-state index contributed by atoms with van der Waals surface area (Å²) in [5.74, 6) is 0. The predicted octanol–water partition coefficient (Wildman–Crippen LogP) is 2.30. The van der Waals surface area contributed by atoms with E-state index in [1.807, 2.05) is 60.7 Å². The molecule has 78 valence electrons. The summed E-state index contributed by atoms with van der Waals surface area (Å²) >= 11 is 0. The zero-order valence-corrected chi connectivity index (χ0v) is 8.27. The molecule has 0 aliphatic carbocycles. The highest BCUT2D eigenvalue weighted by atomic mass is 16.0. The maximum absolute atomic E-state index is 3.11. The number of anilines is 2. The molecule has 0 bridgehead atoms. The van der Waals surface area contributed by atoms with Crippen LogP contribution in [0.3, 0.4) is 0 Å². The normalized spacial score (nSPS) is 8.80. The zero-order valence-electron chi connectivity index (χ0n) is 8.27. The van der Waals surface area contributed by atoms with Gasteiger partial charge in [0.25, 0.3) is 0 Å². The van der Waals surface area contributed by atoms with Gasteiger partial charge in [-0.3, -0.25) is 0 Å². The van der Waals surface area contributed by atoms with Crippen LogP contribution in [0.4, 0.5) is 11.4 Å². The molecule has 3 nitrogen and oxygen atoms in total. The third kappa shape index (κ3) is 3.32. The van der Waals surface area contributed by atoms with Gasteiger partial charge in [0.2, 0.25) is 0 Å². The summed E-state index contributed by atoms with van der Waals surface area (Å²) in [5.41, 5.74) is 8.33. The lowest BCUT2D eigenvalue weighted by atomic mass is 10.3. The molecule has 0 aliphatic heterocycles. The van der Waals surface area contributed by atoms with Crippen LogP contribution in [0.15, 0.2) is 60.7 Å². The average molecular weight is 202 g/mol. The molecule has 0 radical (unpaired) electrons. The molecule has 0 amide bonds. The van der Waals surface area contributed by atoms with Crippen molar-refractivity contribution >= 4 is 11.4 Å². The molecule has 2 aromatic carbocycles. The van der Waals surface area contributed by atoms with E-state index in [4.69, 9.17) is 0 Å². The van der Waals surface area contributed by atoms with Gasteiger partial charge in [-0.2, -0.15) is 0 Å². The lowest BCUT2D eigenvalue weighted by molar-refractivity contribution is 0.824. The van der Waals surface area contributed by atoms with E-state index in [1.54, 1.807) is 0 Å². The summed E-state index contributed by atoms with van der Waals surface area (Å²) in [4.78, 5) is 0. The topological polar surface area (TPSA) is 55.6 Å². The molecule has 0 heterocycles. The van der Waals surface area contributed by atoms with Crippen LogP contribution in [-0.2, 0) is 0 Å². The molecule has 15 heavy (non-hydrogen) atoms. The maximum atomic E-state index is 3.11. The minimum absolute atomic E-state index is 0. The van der Waals surface area contributed by atoms with Crippen LogP contribution < -0.4 is 10.9 Å². The Labute approximate surface area is 89.0 Å². The molecule has 4 N–H and O–H groups in total. The number of hydrogen-bond acceptors (Lipinski definition) is 2. The molecule has 0 aliphatic rings. The zero-order chi connectivity index (χ0) is 9.64.